The van der Waals surface area contributed by atoms with Gasteiger partial charge in [-0.05, 0) is 63.7 Å². The second-order valence-electron chi connectivity index (χ2n) is 5.12. The zero-order valence-corrected chi connectivity index (χ0v) is 11.6. The number of hydrogen-bond donors (Lipinski definition) is 1. The van der Waals surface area contributed by atoms with Gasteiger partial charge < -0.3 is 10.1 Å². The highest BCUT2D eigenvalue weighted by Crippen LogP contribution is 2.13. The lowest BCUT2D eigenvalue weighted by molar-refractivity contribution is 0.180. The fourth-order valence-corrected chi connectivity index (χ4v) is 2.46. The number of nitrogens with zero attached hydrogens (tertiary/aromatic N) is 1. The van der Waals surface area contributed by atoms with Gasteiger partial charge in [-0.1, -0.05) is 0 Å². The third-order valence-electron chi connectivity index (χ3n) is 3.69. The Balaban J connectivity index is 1.70. The molecule has 1 aliphatic rings. The molecule has 0 aromatic heterocycles. The summed E-state index contributed by atoms with van der Waals surface area (Å²) in [5, 5.41) is 3.43. The summed E-state index contributed by atoms with van der Waals surface area (Å²) >= 11 is 0. The summed E-state index contributed by atoms with van der Waals surface area (Å²) in [5.41, 5.74) is 0. The fourth-order valence-electron chi connectivity index (χ4n) is 2.46. The Morgan fingerprint density at radius 3 is 2.84 bits per heavy atom. The van der Waals surface area contributed by atoms with Crippen molar-refractivity contribution in [2.75, 3.05) is 33.3 Å². The van der Waals surface area contributed by atoms with Crippen molar-refractivity contribution in [3.8, 4) is 5.75 Å². The van der Waals surface area contributed by atoms with E-state index in [1.165, 1.54) is 31.4 Å². The van der Waals surface area contributed by atoms with Gasteiger partial charge in [0, 0.05) is 12.6 Å². The van der Waals surface area contributed by atoms with Gasteiger partial charge >= 0.3 is 0 Å². The van der Waals surface area contributed by atoms with Crippen molar-refractivity contribution < 1.29 is 9.13 Å². The van der Waals surface area contributed by atoms with Gasteiger partial charge in [-0.15, -0.1) is 0 Å². The molecule has 106 valence electrons. The molecule has 0 spiro atoms. The van der Waals surface area contributed by atoms with Crippen LogP contribution in [0.5, 0.6) is 5.75 Å². The summed E-state index contributed by atoms with van der Waals surface area (Å²) in [7, 11) is 2.16. The highest BCUT2D eigenvalue weighted by Gasteiger charge is 2.16. The van der Waals surface area contributed by atoms with Gasteiger partial charge in [-0.2, -0.15) is 0 Å². The first-order valence-corrected chi connectivity index (χ1v) is 7.05. The Bertz CT molecular complexity index is 361. The van der Waals surface area contributed by atoms with E-state index in [-0.39, 0.29) is 5.82 Å². The molecule has 1 heterocycles. The minimum absolute atomic E-state index is 0.226. The summed E-state index contributed by atoms with van der Waals surface area (Å²) in [4.78, 5) is 2.37. The van der Waals surface area contributed by atoms with Crippen molar-refractivity contribution in [3.05, 3.63) is 30.1 Å². The minimum atomic E-state index is -0.226. The van der Waals surface area contributed by atoms with Gasteiger partial charge in [0.2, 0.25) is 0 Å². The number of benzene rings is 1. The van der Waals surface area contributed by atoms with Gasteiger partial charge in [0.1, 0.15) is 18.2 Å². The van der Waals surface area contributed by atoms with E-state index in [1.807, 2.05) is 0 Å². The first kappa shape index (κ1) is 14.3. The maximum atomic E-state index is 12.7. The molecule has 1 N–H and O–H groups in total. The van der Waals surface area contributed by atoms with Gasteiger partial charge in [-0.25, -0.2) is 4.39 Å². The normalized spacial score (nSPS) is 20.3. The molecule has 19 heavy (non-hydrogen) atoms. The van der Waals surface area contributed by atoms with E-state index in [0.29, 0.717) is 12.6 Å². The molecule has 1 fully saturated rings. The Morgan fingerprint density at radius 1 is 1.26 bits per heavy atom. The predicted molar refractivity (Wildman–Crippen MR) is 75.0 cm³/mol. The van der Waals surface area contributed by atoms with Crippen LogP contribution in [0.1, 0.15) is 19.3 Å². The summed E-state index contributed by atoms with van der Waals surface area (Å²) in [6.07, 6.45) is 3.70. The molecule has 0 saturated carbocycles. The second kappa shape index (κ2) is 7.46. The van der Waals surface area contributed by atoms with E-state index in [0.717, 1.165) is 25.4 Å². The minimum Gasteiger partial charge on any atom is -0.492 e. The Hall–Kier alpha value is -1.13. The van der Waals surface area contributed by atoms with E-state index in [2.05, 4.69) is 17.3 Å². The van der Waals surface area contributed by atoms with E-state index >= 15 is 0 Å². The fraction of sp³-hybridized carbons (Fsp3) is 0.600. The smallest absolute Gasteiger partial charge is 0.123 e. The summed E-state index contributed by atoms with van der Waals surface area (Å²) in [5.74, 6) is 0.507. The highest BCUT2D eigenvalue weighted by atomic mass is 19.1. The summed E-state index contributed by atoms with van der Waals surface area (Å²) in [6, 6.07) is 6.84. The average Bonchev–Trinajstić information content (AvgIpc) is 2.70. The lowest BCUT2D eigenvalue weighted by Crippen LogP contribution is -2.35. The molecular formula is C15H23FN2O. The van der Waals surface area contributed by atoms with E-state index in [1.54, 1.807) is 12.1 Å². The molecule has 1 atom stereocenters. The van der Waals surface area contributed by atoms with Crippen molar-refractivity contribution in [1.82, 2.24) is 10.2 Å². The molecule has 4 heteroatoms. The zero-order chi connectivity index (χ0) is 13.5. The summed E-state index contributed by atoms with van der Waals surface area (Å²) < 4.78 is 18.4. The zero-order valence-electron chi connectivity index (χ0n) is 11.6. The van der Waals surface area contributed by atoms with Crippen LogP contribution in [0, 0.1) is 5.82 Å². The molecule has 1 aliphatic heterocycles. The Morgan fingerprint density at radius 2 is 2.05 bits per heavy atom. The topological polar surface area (TPSA) is 24.5 Å². The Labute approximate surface area is 114 Å². The predicted octanol–water partition coefficient (Wildman–Crippen LogP) is 2.28. The molecule has 0 radical (unpaired) electrons. The number of rotatable bonds is 5. The van der Waals surface area contributed by atoms with Gasteiger partial charge in [0.05, 0.1) is 0 Å². The maximum Gasteiger partial charge on any atom is 0.123 e. The van der Waals surface area contributed by atoms with Crippen LogP contribution in [0.4, 0.5) is 4.39 Å². The number of nitrogens with one attached hydrogen (secondary N) is 1. The number of hydrogen-bond acceptors (Lipinski definition) is 3. The molecule has 3 nitrogen and oxygen atoms in total. The summed E-state index contributed by atoms with van der Waals surface area (Å²) in [6.45, 7) is 3.79. The Kier molecular flexibility index (Phi) is 5.61. The van der Waals surface area contributed by atoms with E-state index in [4.69, 9.17) is 4.74 Å². The highest BCUT2D eigenvalue weighted by molar-refractivity contribution is 5.21. The van der Waals surface area contributed by atoms with Crippen LogP contribution in [0.3, 0.4) is 0 Å². The van der Waals surface area contributed by atoms with Crippen LogP contribution in [0.15, 0.2) is 24.3 Å². The third-order valence-corrected chi connectivity index (χ3v) is 3.69. The monoisotopic (exact) mass is 266 g/mol. The quantitative estimate of drug-likeness (QED) is 0.885. The SMILES string of the molecule is CN(CCOc1ccc(F)cc1)[C@@H]1CCCNCC1. The van der Waals surface area contributed by atoms with Crippen molar-refractivity contribution in [2.45, 2.75) is 25.3 Å². The van der Waals surface area contributed by atoms with Crippen LogP contribution in [-0.4, -0.2) is 44.2 Å². The van der Waals surface area contributed by atoms with Crippen LogP contribution < -0.4 is 10.1 Å². The third kappa shape index (κ3) is 4.80. The van der Waals surface area contributed by atoms with Crippen molar-refractivity contribution >= 4 is 0 Å². The first-order valence-electron chi connectivity index (χ1n) is 7.05. The van der Waals surface area contributed by atoms with Gasteiger partial charge in [-0.3, -0.25) is 4.90 Å². The lowest BCUT2D eigenvalue weighted by atomic mass is 10.1. The van der Waals surface area contributed by atoms with Crippen LogP contribution in [0.25, 0.3) is 0 Å². The second-order valence-corrected chi connectivity index (χ2v) is 5.12. The lowest BCUT2D eigenvalue weighted by Gasteiger charge is -2.26. The van der Waals surface area contributed by atoms with Gasteiger partial charge in [0.25, 0.3) is 0 Å². The number of halogens is 1. The average molecular weight is 266 g/mol. The first-order chi connectivity index (χ1) is 9.25. The van der Waals surface area contributed by atoms with Crippen LogP contribution in [0.2, 0.25) is 0 Å². The molecule has 1 aromatic carbocycles. The molecule has 2 rings (SSSR count). The molecule has 0 amide bonds. The van der Waals surface area contributed by atoms with E-state index in [9.17, 15) is 4.39 Å². The molecular weight excluding hydrogens is 243 g/mol. The van der Waals surface area contributed by atoms with Crippen LogP contribution in [-0.2, 0) is 0 Å². The molecule has 0 unspecified atom stereocenters. The standard InChI is InChI=1S/C15H23FN2O/c1-18(14-3-2-9-17-10-8-14)11-12-19-15-6-4-13(16)5-7-15/h4-7,14,17H,2-3,8-12H2,1H3/t14-/m1/s1. The molecule has 0 bridgehead atoms. The molecule has 0 aliphatic carbocycles. The number of likely N-dealkylation sites (N-methyl/N-ethyl adjacent to an activating group) is 1. The van der Waals surface area contributed by atoms with Gasteiger partial charge in [0.15, 0.2) is 0 Å². The van der Waals surface area contributed by atoms with Crippen molar-refractivity contribution in [1.29, 1.82) is 0 Å². The largest absolute Gasteiger partial charge is 0.492 e. The molecule has 1 aromatic rings. The van der Waals surface area contributed by atoms with Crippen molar-refractivity contribution in [2.24, 2.45) is 0 Å². The maximum absolute atomic E-state index is 12.7. The van der Waals surface area contributed by atoms with Crippen molar-refractivity contribution in [3.63, 3.8) is 0 Å². The number of ether oxygens (including phenoxy) is 1. The van der Waals surface area contributed by atoms with E-state index < -0.39 is 0 Å². The van der Waals surface area contributed by atoms with Crippen LogP contribution >= 0.6 is 0 Å². The molecule has 1 saturated heterocycles.